The molecule has 2 nitrogen and oxygen atoms in total. The van der Waals surface area contributed by atoms with Crippen LogP contribution in [-0.2, 0) is 5.54 Å². The molecular formula is C14H21NO. The molecule has 1 aromatic rings. The number of hydrogen-bond donors (Lipinski definition) is 1. The number of methoxy groups -OCH3 is 1. The summed E-state index contributed by atoms with van der Waals surface area (Å²) >= 11 is 0. The van der Waals surface area contributed by atoms with Crippen molar-refractivity contribution in [1.82, 2.24) is 5.32 Å². The van der Waals surface area contributed by atoms with E-state index >= 15 is 0 Å². The fourth-order valence-electron chi connectivity index (χ4n) is 2.50. The molecular weight excluding hydrogens is 198 g/mol. The number of aryl methyl sites for hydroxylation is 1. The molecule has 16 heavy (non-hydrogen) atoms. The molecule has 1 atom stereocenters. The lowest BCUT2D eigenvalue weighted by molar-refractivity contribution is 0.401. The molecule has 1 aromatic carbocycles. The van der Waals surface area contributed by atoms with E-state index in [-0.39, 0.29) is 5.54 Å². The van der Waals surface area contributed by atoms with Crippen LogP contribution in [0.5, 0.6) is 5.75 Å². The van der Waals surface area contributed by atoms with Crippen molar-refractivity contribution in [1.29, 1.82) is 0 Å². The lowest BCUT2D eigenvalue weighted by Gasteiger charge is -2.26. The third kappa shape index (κ3) is 1.82. The fourth-order valence-corrected chi connectivity index (χ4v) is 2.50. The predicted octanol–water partition coefficient (Wildman–Crippen LogP) is 2.91. The van der Waals surface area contributed by atoms with Crippen LogP contribution in [0, 0.1) is 13.8 Å². The first-order chi connectivity index (χ1) is 7.57. The number of rotatable bonds is 2. The van der Waals surface area contributed by atoms with Gasteiger partial charge in [0.05, 0.1) is 7.11 Å². The maximum atomic E-state index is 5.44. The summed E-state index contributed by atoms with van der Waals surface area (Å²) in [4.78, 5) is 0. The standard InChI is InChI=1S/C14H21NO/c1-10-8-12(9-13(16-4)11(10)2)14(3)6-5-7-15-14/h8-9,15H,5-7H2,1-4H3. The zero-order valence-corrected chi connectivity index (χ0v) is 10.7. The normalized spacial score (nSPS) is 24.8. The van der Waals surface area contributed by atoms with Crippen LogP contribution >= 0.6 is 0 Å². The van der Waals surface area contributed by atoms with Crippen LogP contribution in [0.15, 0.2) is 12.1 Å². The Morgan fingerprint density at radius 3 is 2.62 bits per heavy atom. The van der Waals surface area contributed by atoms with Crippen molar-refractivity contribution in [2.24, 2.45) is 0 Å². The average molecular weight is 219 g/mol. The summed E-state index contributed by atoms with van der Waals surface area (Å²) < 4.78 is 5.44. The van der Waals surface area contributed by atoms with E-state index in [1.165, 1.54) is 29.5 Å². The first kappa shape index (κ1) is 11.5. The Bertz CT molecular complexity index is 392. The first-order valence-corrected chi connectivity index (χ1v) is 5.97. The maximum Gasteiger partial charge on any atom is 0.122 e. The highest BCUT2D eigenvalue weighted by atomic mass is 16.5. The van der Waals surface area contributed by atoms with Gasteiger partial charge in [0.2, 0.25) is 0 Å². The molecule has 88 valence electrons. The van der Waals surface area contributed by atoms with Gasteiger partial charge in [-0.25, -0.2) is 0 Å². The van der Waals surface area contributed by atoms with Crippen molar-refractivity contribution < 1.29 is 4.74 Å². The van der Waals surface area contributed by atoms with Crippen LogP contribution in [0.2, 0.25) is 0 Å². The van der Waals surface area contributed by atoms with E-state index < -0.39 is 0 Å². The molecule has 1 aliphatic rings. The number of benzene rings is 1. The molecule has 1 fully saturated rings. The van der Waals surface area contributed by atoms with Crippen LogP contribution in [0.1, 0.15) is 36.5 Å². The smallest absolute Gasteiger partial charge is 0.122 e. The third-order valence-electron chi connectivity index (χ3n) is 3.85. The Kier molecular flexibility index (Phi) is 2.94. The van der Waals surface area contributed by atoms with Crippen molar-refractivity contribution in [2.75, 3.05) is 13.7 Å². The maximum absolute atomic E-state index is 5.44. The van der Waals surface area contributed by atoms with Crippen molar-refractivity contribution in [3.05, 3.63) is 28.8 Å². The zero-order valence-electron chi connectivity index (χ0n) is 10.7. The summed E-state index contributed by atoms with van der Waals surface area (Å²) in [5.74, 6) is 1.00. The minimum Gasteiger partial charge on any atom is -0.496 e. The molecule has 1 N–H and O–H groups in total. The molecule has 0 bridgehead atoms. The third-order valence-corrected chi connectivity index (χ3v) is 3.85. The van der Waals surface area contributed by atoms with Gasteiger partial charge in [-0.15, -0.1) is 0 Å². The quantitative estimate of drug-likeness (QED) is 0.825. The second kappa shape index (κ2) is 4.10. The van der Waals surface area contributed by atoms with Gasteiger partial charge in [0.1, 0.15) is 5.75 Å². The van der Waals surface area contributed by atoms with Gasteiger partial charge in [-0.3, -0.25) is 0 Å². The summed E-state index contributed by atoms with van der Waals surface area (Å²) in [5, 5.41) is 3.59. The summed E-state index contributed by atoms with van der Waals surface area (Å²) in [6.07, 6.45) is 2.46. The Hall–Kier alpha value is -1.02. The van der Waals surface area contributed by atoms with Crippen LogP contribution in [-0.4, -0.2) is 13.7 Å². The van der Waals surface area contributed by atoms with Crippen LogP contribution in [0.3, 0.4) is 0 Å². The molecule has 0 radical (unpaired) electrons. The highest BCUT2D eigenvalue weighted by molar-refractivity contribution is 5.44. The Morgan fingerprint density at radius 1 is 1.31 bits per heavy atom. The van der Waals surface area contributed by atoms with Gasteiger partial charge in [-0.05, 0) is 62.9 Å². The Balaban J connectivity index is 2.45. The SMILES string of the molecule is COc1cc(C2(C)CCCN2)cc(C)c1C. The molecule has 1 saturated heterocycles. The second-order valence-electron chi connectivity index (χ2n) is 4.98. The van der Waals surface area contributed by atoms with Crippen molar-refractivity contribution in [3.8, 4) is 5.75 Å². The summed E-state index contributed by atoms with van der Waals surface area (Å²) in [7, 11) is 1.75. The van der Waals surface area contributed by atoms with E-state index in [0.717, 1.165) is 12.3 Å². The lowest BCUT2D eigenvalue weighted by Crippen LogP contribution is -2.33. The molecule has 0 aromatic heterocycles. The van der Waals surface area contributed by atoms with Crippen LogP contribution in [0.4, 0.5) is 0 Å². The van der Waals surface area contributed by atoms with Gasteiger partial charge in [-0.1, -0.05) is 6.07 Å². The topological polar surface area (TPSA) is 21.3 Å². The average Bonchev–Trinajstić information content (AvgIpc) is 2.70. The summed E-state index contributed by atoms with van der Waals surface area (Å²) in [6, 6.07) is 4.47. The fraction of sp³-hybridized carbons (Fsp3) is 0.571. The second-order valence-corrected chi connectivity index (χ2v) is 4.98. The van der Waals surface area contributed by atoms with Crippen LogP contribution in [0.25, 0.3) is 0 Å². The first-order valence-electron chi connectivity index (χ1n) is 5.97. The van der Waals surface area contributed by atoms with Gasteiger partial charge in [-0.2, -0.15) is 0 Å². The van der Waals surface area contributed by atoms with Gasteiger partial charge in [0.15, 0.2) is 0 Å². The van der Waals surface area contributed by atoms with E-state index in [9.17, 15) is 0 Å². The van der Waals surface area contributed by atoms with E-state index in [2.05, 4.69) is 38.2 Å². The van der Waals surface area contributed by atoms with Crippen LogP contribution < -0.4 is 10.1 Å². The highest BCUT2D eigenvalue weighted by Gasteiger charge is 2.30. The molecule has 0 amide bonds. The van der Waals surface area contributed by atoms with Gasteiger partial charge in [0.25, 0.3) is 0 Å². The lowest BCUT2D eigenvalue weighted by atomic mass is 9.88. The predicted molar refractivity (Wildman–Crippen MR) is 67.1 cm³/mol. The minimum atomic E-state index is 0.131. The molecule has 0 aliphatic carbocycles. The molecule has 2 heteroatoms. The minimum absolute atomic E-state index is 0.131. The number of nitrogens with one attached hydrogen (secondary N) is 1. The highest BCUT2D eigenvalue weighted by Crippen LogP contribution is 2.34. The number of ether oxygens (including phenoxy) is 1. The van der Waals surface area contributed by atoms with E-state index in [1.807, 2.05) is 0 Å². The monoisotopic (exact) mass is 219 g/mol. The largest absolute Gasteiger partial charge is 0.496 e. The molecule has 0 saturated carbocycles. The molecule has 2 rings (SSSR count). The van der Waals surface area contributed by atoms with Crippen molar-refractivity contribution in [3.63, 3.8) is 0 Å². The molecule has 1 heterocycles. The van der Waals surface area contributed by atoms with Gasteiger partial charge >= 0.3 is 0 Å². The number of hydrogen-bond acceptors (Lipinski definition) is 2. The van der Waals surface area contributed by atoms with Gasteiger partial charge < -0.3 is 10.1 Å². The van der Waals surface area contributed by atoms with E-state index in [4.69, 9.17) is 4.74 Å². The zero-order chi connectivity index (χ0) is 11.8. The van der Waals surface area contributed by atoms with E-state index in [1.54, 1.807) is 7.11 Å². The van der Waals surface area contributed by atoms with E-state index in [0.29, 0.717) is 0 Å². The molecule has 1 aliphatic heterocycles. The Morgan fingerprint density at radius 2 is 2.06 bits per heavy atom. The molecule has 1 unspecified atom stereocenters. The van der Waals surface area contributed by atoms with Crippen molar-refractivity contribution in [2.45, 2.75) is 39.2 Å². The summed E-state index contributed by atoms with van der Waals surface area (Å²) in [5.41, 5.74) is 4.04. The molecule has 0 spiro atoms. The summed E-state index contributed by atoms with van der Waals surface area (Å²) in [6.45, 7) is 7.66. The van der Waals surface area contributed by atoms with Crippen molar-refractivity contribution >= 4 is 0 Å². The Labute approximate surface area is 98.0 Å². The van der Waals surface area contributed by atoms with Gasteiger partial charge in [0, 0.05) is 5.54 Å².